The number of hydrogen-bond acceptors (Lipinski definition) is 4. The van der Waals surface area contributed by atoms with E-state index in [1.807, 2.05) is 38.1 Å². The van der Waals surface area contributed by atoms with Crippen LogP contribution in [0.5, 0.6) is 0 Å². The van der Waals surface area contributed by atoms with Crippen LogP contribution in [0.25, 0.3) is 0 Å². The summed E-state index contributed by atoms with van der Waals surface area (Å²) < 4.78 is 65.7. The third-order valence-corrected chi connectivity index (χ3v) is 28.9. The fourth-order valence-electron chi connectivity index (χ4n) is 6.69. The standard InChI is InChI=1S/C23H23N2O4S2.3C4H9.Sn/c1-17-14-22-23(15-18(17)2)25(31(28,29)21-12-8-5-9-13-21)19(3)16-24(22)30(26,27)20-10-6-4-7-11-20;3*1-3-4-2;/h4-15,19H,3,16H2,1-2H3;3*1,3-4H2,2H3;. The molecule has 1 heterocycles. The maximum absolute atomic E-state index is 14.7. The molecule has 6 nitrogen and oxygen atoms in total. The van der Waals surface area contributed by atoms with E-state index in [9.17, 15) is 16.8 Å². The molecule has 240 valence electrons. The number of fused-ring (bicyclic) bond motifs is 1. The third-order valence-electron chi connectivity index (χ3n) is 9.29. The normalized spacial score (nSPS) is 15.8. The molecule has 0 aliphatic carbocycles. The molecular formula is C35H50N2O4S2Sn. The maximum atomic E-state index is 14.7. The van der Waals surface area contributed by atoms with Gasteiger partial charge in [0.1, 0.15) is 0 Å². The van der Waals surface area contributed by atoms with Crippen LogP contribution in [0.3, 0.4) is 0 Å². The SMILES string of the molecule is CCC[CH2][Sn]([CH2]CCC)([CH2]CCC)[CH2]C1CN(S(=O)(=O)c2ccccc2)c2cc(C)c(C)cc2N1S(=O)(=O)c1ccccc1. The zero-order valence-electron chi connectivity index (χ0n) is 27.1. The van der Waals surface area contributed by atoms with Crippen molar-refractivity contribution in [2.24, 2.45) is 0 Å². The van der Waals surface area contributed by atoms with E-state index in [2.05, 4.69) is 20.8 Å². The third kappa shape index (κ3) is 7.49. The van der Waals surface area contributed by atoms with Crippen LogP contribution in [0.1, 0.15) is 70.4 Å². The number of nitrogens with zero attached hydrogens (tertiary/aromatic N) is 2. The topological polar surface area (TPSA) is 74.8 Å². The van der Waals surface area contributed by atoms with Crippen LogP contribution < -0.4 is 8.61 Å². The summed E-state index contributed by atoms with van der Waals surface area (Å²) in [5.74, 6) is 0. The molecule has 44 heavy (non-hydrogen) atoms. The molecule has 0 saturated carbocycles. The average Bonchev–Trinajstić information content (AvgIpc) is 3.02. The van der Waals surface area contributed by atoms with E-state index in [0.717, 1.165) is 54.1 Å². The van der Waals surface area contributed by atoms with E-state index in [0.29, 0.717) is 11.4 Å². The van der Waals surface area contributed by atoms with Crippen molar-refractivity contribution in [2.45, 2.75) is 107 Å². The summed E-state index contributed by atoms with van der Waals surface area (Å²) in [6, 6.07) is 20.5. The first-order valence-electron chi connectivity index (χ1n) is 16.3. The van der Waals surface area contributed by atoms with E-state index >= 15 is 0 Å². The Morgan fingerprint density at radius 2 is 1.09 bits per heavy atom. The molecule has 3 aromatic carbocycles. The van der Waals surface area contributed by atoms with Crippen molar-refractivity contribution in [2.75, 3.05) is 15.2 Å². The summed E-state index contributed by atoms with van der Waals surface area (Å²) >= 11 is -2.99. The number of rotatable bonds is 15. The van der Waals surface area contributed by atoms with Gasteiger partial charge in [0, 0.05) is 0 Å². The number of hydrogen-bond donors (Lipinski definition) is 0. The molecule has 9 heteroatoms. The minimum atomic E-state index is -3.98. The molecule has 0 aromatic heterocycles. The Hall–Kier alpha value is -2.04. The Bertz CT molecular complexity index is 1570. The number of sulfonamides is 2. The van der Waals surface area contributed by atoms with E-state index in [1.165, 1.54) is 17.6 Å². The van der Waals surface area contributed by atoms with E-state index in [1.54, 1.807) is 52.8 Å². The quantitative estimate of drug-likeness (QED) is 0.146. The first-order chi connectivity index (χ1) is 21.0. The molecule has 4 rings (SSSR count). The van der Waals surface area contributed by atoms with Gasteiger partial charge in [-0.25, -0.2) is 0 Å². The van der Waals surface area contributed by atoms with Crippen LogP contribution in [0.2, 0.25) is 17.7 Å². The summed E-state index contributed by atoms with van der Waals surface area (Å²) in [6.45, 7) is 10.7. The molecule has 1 unspecified atom stereocenters. The van der Waals surface area contributed by atoms with Crippen molar-refractivity contribution >= 4 is 49.8 Å². The summed E-state index contributed by atoms with van der Waals surface area (Å²) in [5, 5.41) is 0. The number of benzene rings is 3. The van der Waals surface area contributed by atoms with Crippen LogP contribution in [0, 0.1) is 13.8 Å². The van der Waals surface area contributed by atoms with Gasteiger partial charge >= 0.3 is 272 Å². The Morgan fingerprint density at radius 3 is 1.55 bits per heavy atom. The molecule has 1 aliphatic rings. The monoisotopic (exact) mass is 746 g/mol. The Balaban J connectivity index is 1.98. The predicted octanol–water partition coefficient (Wildman–Crippen LogP) is 8.93. The van der Waals surface area contributed by atoms with Gasteiger partial charge < -0.3 is 0 Å². The molecule has 0 amide bonds. The van der Waals surface area contributed by atoms with Crippen molar-refractivity contribution in [3.63, 3.8) is 0 Å². The molecule has 0 fully saturated rings. The fraction of sp³-hybridized carbons (Fsp3) is 0.486. The zero-order valence-corrected chi connectivity index (χ0v) is 31.6. The van der Waals surface area contributed by atoms with Crippen LogP contribution in [0.15, 0.2) is 82.6 Å². The Morgan fingerprint density at radius 1 is 0.659 bits per heavy atom. The van der Waals surface area contributed by atoms with E-state index < -0.39 is 44.5 Å². The van der Waals surface area contributed by atoms with Gasteiger partial charge in [-0.2, -0.15) is 0 Å². The van der Waals surface area contributed by atoms with Crippen LogP contribution >= 0.6 is 0 Å². The van der Waals surface area contributed by atoms with Gasteiger partial charge in [0.15, 0.2) is 0 Å². The van der Waals surface area contributed by atoms with Gasteiger partial charge in [-0.05, 0) is 0 Å². The summed E-state index contributed by atoms with van der Waals surface area (Å²) in [7, 11) is -7.92. The molecule has 0 N–H and O–H groups in total. The van der Waals surface area contributed by atoms with Gasteiger partial charge in [-0.1, -0.05) is 0 Å². The van der Waals surface area contributed by atoms with Crippen molar-refractivity contribution < 1.29 is 16.8 Å². The minimum absolute atomic E-state index is 0.113. The van der Waals surface area contributed by atoms with Gasteiger partial charge in [0.05, 0.1) is 0 Å². The molecule has 0 saturated heterocycles. The number of unbranched alkanes of at least 4 members (excludes halogenated alkanes) is 3. The predicted molar refractivity (Wildman–Crippen MR) is 186 cm³/mol. The first kappa shape index (κ1) is 34.8. The zero-order chi connectivity index (χ0) is 32.0. The van der Waals surface area contributed by atoms with Crippen molar-refractivity contribution in [3.8, 4) is 0 Å². The Labute approximate surface area is 270 Å². The molecular weight excluding hydrogens is 695 g/mol. The summed E-state index contributed by atoms with van der Waals surface area (Å²) in [4.78, 5) is 0.463. The number of aryl methyl sites for hydroxylation is 2. The van der Waals surface area contributed by atoms with Gasteiger partial charge in [0.2, 0.25) is 0 Å². The van der Waals surface area contributed by atoms with Crippen LogP contribution in [-0.2, 0) is 20.0 Å². The van der Waals surface area contributed by atoms with E-state index in [4.69, 9.17) is 0 Å². The molecule has 0 radical (unpaired) electrons. The second kappa shape index (κ2) is 15.0. The van der Waals surface area contributed by atoms with Gasteiger partial charge in [0.25, 0.3) is 0 Å². The fourth-order valence-corrected chi connectivity index (χ4v) is 27.3. The first-order valence-corrected chi connectivity index (χ1v) is 27.2. The van der Waals surface area contributed by atoms with Gasteiger partial charge in [-0.15, -0.1) is 0 Å². The summed E-state index contributed by atoms with van der Waals surface area (Å²) in [6.07, 6.45) is 6.81. The molecule has 1 atom stereocenters. The van der Waals surface area contributed by atoms with Crippen LogP contribution in [-0.4, -0.2) is 47.8 Å². The number of anilines is 2. The van der Waals surface area contributed by atoms with Crippen LogP contribution in [0.4, 0.5) is 11.4 Å². The van der Waals surface area contributed by atoms with Crippen molar-refractivity contribution in [1.82, 2.24) is 0 Å². The van der Waals surface area contributed by atoms with Crippen molar-refractivity contribution in [1.29, 1.82) is 0 Å². The van der Waals surface area contributed by atoms with Crippen molar-refractivity contribution in [3.05, 3.63) is 83.9 Å². The second-order valence-electron chi connectivity index (χ2n) is 12.6. The van der Waals surface area contributed by atoms with E-state index in [-0.39, 0.29) is 16.3 Å². The van der Waals surface area contributed by atoms with Gasteiger partial charge in [-0.3, -0.25) is 0 Å². The molecule has 3 aromatic rings. The molecule has 0 spiro atoms. The summed E-state index contributed by atoms with van der Waals surface area (Å²) in [5.41, 5.74) is 2.76. The average molecular weight is 746 g/mol. The Kier molecular flexibility index (Phi) is 11.9. The second-order valence-corrected chi connectivity index (χ2v) is 30.2. The molecule has 1 aliphatic heterocycles. The molecule has 0 bridgehead atoms.